The minimum atomic E-state index is -0.966. The van der Waals surface area contributed by atoms with E-state index in [1.807, 2.05) is 44.2 Å². The Morgan fingerprint density at radius 2 is 1.82 bits per heavy atom. The van der Waals surface area contributed by atoms with E-state index in [4.69, 9.17) is 9.47 Å². The molecule has 0 aliphatic heterocycles. The van der Waals surface area contributed by atoms with Crippen LogP contribution in [0.4, 0.5) is 0 Å². The first-order chi connectivity index (χ1) is 13.3. The van der Waals surface area contributed by atoms with Gasteiger partial charge in [-0.15, -0.1) is 0 Å². The second kappa shape index (κ2) is 8.82. The van der Waals surface area contributed by atoms with Crippen molar-refractivity contribution in [2.24, 2.45) is 17.3 Å². The van der Waals surface area contributed by atoms with Crippen LogP contribution in [0.25, 0.3) is 0 Å². The third-order valence-electron chi connectivity index (χ3n) is 4.96. The molecule has 0 bridgehead atoms. The van der Waals surface area contributed by atoms with Gasteiger partial charge < -0.3 is 9.47 Å². The Hall–Kier alpha value is -1.60. The fraction of sp³-hybridized carbons (Fsp3) is 0.273. The number of benzene rings is 2. The molecule has 0 spiro atoms. The number of rotatable bonds is 6. The largest absolute Gasteiger partial charge is 0.457 e. The Morgan fingerprint density at radius 3 is 2.46 bits per heavy atom. The zero-order valence-electron chi connectivity index (χ0n) is 15.4. The lowest BCUT2D eigenvalue weighted by Crippen LogP contribution is -2.14. The number of halogens is 2. The average molecular weight is 599 g/mol. The van der Waals surface area contributed by atoms with Crippen molar-refractivity contribution in [1.82, 2.24) is 0 Å². The van der Waals surface area contributed by atoms with Crippen LogP contribution in [0.15, 0.2) is 62.3 Å². The monoisotopic (exact) mass is 599 g/mol. The van der Waals surface area contributed by atoms with Crippen molar-refractivity contribution in [3.8, 4) is 17.6 Å². The molecule has 1 aliphatic carbocycles. The number of carbonyl (C=O) groups excluding carboxylic acids is 1. The number of allylic oxidation sites excluding steroid dienone is 1. The molecular weight excluding hydrogens is 580 g/mol. The van der Waals surface area contributed by atoms with Gasteiger partial charge in [0.25, 0.3) is 0 Å². The Balaban J connectivity index is 1.72. The minimum absolute atomic E-state index is 0.135. The summed E-state index contributed by atoms with van der Waals surface area (Å²) in [5.41, 5.74) is 0.440. The molecule has 2 aromatic rings. The quantitative estimate of drug-likeness (QED) is 0.279. The van der Waals surface area contributed by atoms with Crippen molar-refractivity contribution in [3.63, 3.8) is 0 Å². The molecule has 1 aliphatic rings. The van der Waals surface area contributed by atoms with E-state index in [2.05, 4.69) is 57.3 Å². The summed E-state index contributed by atoms with van der Waals surface area (Å²) in [6, 6.07) is 18.6. The van der Waals surface area contributed by atoms with E-state index in [1.165, 1.54) is 0 Å². The number of nitrogens with zero attached hydrogens (tertiary/aromatic N) is 1. The van der Waals surface area contributed by atoms with E-state index >= 15 is 0 Å². The van der Waals surface area contributed by atoms with Gasteiger partial charge in [0.15, 0.2) is 0 Å². The summed E-state index contributed by atoms with van der Waals surface area (Å²) in [7, 11) is 0. The van der Waals surface area contributed by atoms with Crippen LogP contribution in [-0.4, -0.2) is 5.97 Å². The number of para-hydroxylation sites is 1. The van der Waals surface area contributed by atoms with Gasteiger partial charge in [-0.3, -0.25) is 4.79 Å². The lowest BCUT2D eigenvalue weighted by Gasteiger charge is -2.13. The molecule has 1 fully saturated rings. The molecular formula is C22H19I2NO3. The summed E-state index contributed by atoms with van der Waals surface area (Å²) in [6.07, 6.45) is 1.12. The van der Waals surface area contributed by atoms with Crippen LogP contribution in [-0.2, 0) is 9.53 Å². The number of nitriles is 1. The molecule has 0 N–H and O–H groups in total. The van der Waals surface area contributed by atoms with Gasteiger partial charge >= 0.3 is 5.97 Å². The van der Waals surface area contributed by atoms with Gasteiger partial charge in [0, 0.05) is 7.15 Å². The van der Waals surface area contributed by atoms with Crippen LogP contribution < -0.4 is 4.74 Å². The number of esters is 1. The summed E-state index contributed by atoms with van der Waals surface area (Å²) in [5, 5.41) is 9.57. The predicted molar refractivity (Wildman–Crippen MR) is 124 cm³/mol. The molecule has 6 heteroatoms. The Morgan fingerprint density at radius 1 is 1.14 bits per heavy atom. The van der Waals surface area contributed by atoms with Crippen LogP contribution >= 0.6 is 45.2 Å². The van der Waals surface area contributed by atoms with Gasteiger partial charge in [0.05, 0.1) is 5.92 Å². The highest BCUT2D eigenvalue weighted by Gasteiger charge is 2.61. The van der Waals surface area contributed by atoms with Crippen molar-refractivity contribution >= 4 is 51.2 Å². The van der Waals surface area contributed by atoms with E-state index in [-0.39, 0.29) is 23.2 Å². The maximum absolute atomic E-state index is 12.7. The van der Waals surface area contributed by atoms with Gasteiger partial charge in [0.2, 0.25) is 6.10 Å². The summed E-state index contributed by atoms with van der Waals surface area (Å²) < 4.78 is 12.5. The SMILES string of the molecule is CC1(C)[C@@H](C=C(I)I)[C@@H]1C(=O)O[C@@H](C#N)c1cccc(Oc2ccccc2)c1. The minimum Gasteiger partial charge on any atom is -0.457 e. The second-order valence-corrected chi connectivity index (χ2v) is 11.6. The first-order valence-corrected chi connectivity index (χ1v) is 10.9. The van der Waals surface area contributed by atoms with Crippen molar-refractivity contribution in [1.29, 1.82) is 5.26 Å². The van der Waals surface area contributed by atoms with Crippen molar-refractivity contribution in [2.45, 2.75) is 20.0 Å². The lowest BCUT2D eigenvalue weighted by atomic mass is 10.1. The zero-order chi connectivity index (χ0) is 20.3. The van der Waals surface area contributed by atoms with Crippen molar-refractivity contribution in [3.05, 3.63) is 67.8 Å². The van der Waals surface area contributed by atoms with Gasteiger partial charge in [-0.05, 0) is 80.8 Å². The maximum atomic E-state index is 12.7. The Bertz CT molecular complexity index is 930. The fourth-order valence-electron chi connectivity index (χ4n) is 3.30. The first kappa shape index (κ1) is 21.1. The smallest absolute Gasteiger partial charge is 0.311 e. The van der Waals surface area contributed by atoms with Gasteiger partial charge in [-0.1, -0.05) is 50.3 Å². The standard InChI is InChI=1S/C22H19I2NO3/c1-22(2)17(12-19(23)24)20(22)21(26)28-18(13-25)14-7-6-10-16(11-14)27-15-8-4-3-5-9-15/h3-12,17-18,20H,1-2H3/t17-,18-,20+/m0/s1. The molecule has 0 heterocycles. The van der Waals surface area contributed by atoms with E-state index in [9.17, 15) is 10.1 Å². The molecule has 0 unspecified atom stereocenters. The van der Waals surface area contributed by atoms with Crippen molar-refractivity contribution < 1.29 is 14.3 Å². The normalized spacial score (nSPS) is 20.4. The third kappa shape index (κ3) is 4.87. The van der Waals surface area contributed by atoms with Crippen LogP contribution in [0, 0.1) is 28.6 Å². The highest BCUT2D eigenvalue weighted by atomic mass is 127. The van der Waals surface area contributed by atoms with Crippen molar-refractivity contribution in [2.75, 3.05) is 0 Å². The molecule has 144 valence electrons. The third-order valence-corrected chi connectivity index (χ3v) is 5.68. The molecule has 0 aromatic heterocycles. The zero-order valence-corrected chi connectivity index (χ0v) is 19.7. The molecule has 4 nitrogen and oxygen atoms in total. The number of hydrogen-bond acceptors (Lipinski definition) is 4. The summed E-state index contributed by atoms with van der Waals surface area (Å²) >= 11 is 4.46. The highest BCUT2D eigenvalue weighted by molar-refractivity contribution is 14.2. The van der Waals surface area contributed by atoms with Gasteiger partial charge in [-0.25, -0.2) is 0 Å². The maximum Gasteiger partial charge on any atom is 0.311 e. The number of hydrogen-bond donors (Lipinski definition) is 0. The van der Waals surface area contributed by atoms with E-state index in [0.717, 1.165) is 1.59 Å². The molecule has 2 aromatic carbocycles. The lowest BCUT2D eigenvalue weighted by molar-refractivity contribution is -0.149. The van der Waals surface area contributed by atoms with Crippen LogP contribution in [0.1, 0.15) is 25.5 Å². The predicted octanol–water partition coefficient (Wildman–Crippen LogP) is 6.57. The summed E-state index contributed by atoms with van der Waals surface area (Å²) in [5.74, 6) is 0.865. The van der Waals surface area contributed by atoms with Crippen LogP contribution in [0.5, 0.6) is 11.5 Å². The van der Waals surface area contributed by atoms with Gasteiger partial charge in [0.1, 0.15) is 17.6 Å². The van der Waals surface area contributed by atoms with E-state index in [1.54, 1.807) is 24.3 Å². The average Bonchev–Trinajstić information content (AvgIpc) is 3.20. The Labute approximate surface area is 192 Å². The summed E-state index contributed by atoms with van der Waals surface area (Å²) in [4.78, 5) is 12.7. The topological polar surface area (TPSA) is 59.3 Å². The second-order valence-electron chi connectivity index (χ2n) is 7.21. The van der Waals surface area contributed by atoms with Crippen LogP contribution in [0.2, 0.25) is 0 Å². The van der Waals surface area contributed by atoms with E-state index in [0.29, 0.717) is 17.1 Å². The van der Waals surface area contributed by atoms with Gasteiger partial charge in [-0.2, -0.15) is 5.26 Å². The number of ether oxygens (including phenoxy) is 2. The molecule has 3 rings (SSSR count). The first-order valence-electron chi connectivity index (χ1n) is 8.78. The Kier molecular flexibility index (Phi) is 6.65. The number of carbonyl (C=O) groups is 1. The highest BCUT2D eigenvalue weighted by Crippen LogP contribution is 2.60. The molecule has 0 radical (unpaired) electrons. The molecule has 3 atom stereocenters. The fourth-order valence-corrected chi connectivity index (χ4v) is 4.07. The van der Waals surface area contributed by atoms with E-state index < -0.39 is 6.10 Å². The molecule has 1 saturated carbocycles. The molecule has 0 saturated heterocycles. The molecule has 28 heavy (non-hydrogen) atoms. The molecule has 0 amide bonds. The summed E-state index contributed by atoms with van der Waals surface area (Å²) in [6.45, 7) is 4.10. The van der Waals surface area contributed by atoms with Crippen LogP contribution in [0.3, 0.4) is 0 Å².